The van der Waals surface area contributed by atoms with Gasteiger partial charge in [-0.3, -0.25) is 28.8 Å². The van der Waals surface area contributed by atoms with Gasteiger partial charge in [-0.05, 0) is 62.3 Å². The summed E-state index contributed by atoms with van der Waals surface area (Å²) in [6.45, 7) is -0.0320. The van der Waals surface area contributed by atoms with Gasteiger partial charge in [0.2, 0.25) is 21.8 Å². The van der Waals surface area contributed by atoms with E-state index in [-0.39, 0.29) is 38.9 Å². The van der Waals surface area contributed by atoms with Crippen molar-refractivity contribution in [1.29, 1.82) is 0 Å². The second-order valence-corrected chi connectivity index (χ2v) is 16.6. The van der Waals surface area contributed by atoms with E-state index >= 15 is 0 Å². The van der Waals surface area contributed by atoms with Crippen molar-refractivity contribution in [2.75, 3.05) is 6.54 Å². The highest BCUT2D eigenvalue weighted by molar-refractivity contribution is 7.91. The highest BCUT2D eigenvalue weighted by atomic mass is 32.2. The first-order chi connectivity index (χ1) is 25.4. The summed E-state index contributed by atoms with van der Waals surface area (Å²) >= 11 is 0. The van der Waals surface area contributed by atoms with Gasteiger partial charge in [-0.1, -0.05) is 55.3 Å². The summed E-state index contributed by atoms with van der Waals surface area (Å²) in [6, 6.07) is 11.9. The molecule has 5 aliphatic rings. The molecule has 2 saturated carbocycles. The standard InChI is InChI=1S/C38H43FN4O9S/c39-31-15-9-11-25-21-42(23-30(25)31)37(48)52-28-19-32-34(45)40-38(36(47)41-53(49,50)29-16-17-29)20-26(38)12-6-3-1-2-5-10-24(35(46)43(32)22-28)18-33(44)51-27-13-7-4-8-14-27/h4,6-9,11-15,24,26,28-29,32H,1-3,5,10,16-23H2,(H,40,45)(H,41,47)/b12-6-/t24-,26-,28-,32+,38-/m1/s1. The number of esters is 1. The normalized spacial score (nSPS) is 27.9. The van der Waals surface area contributed by atoms with E-state index < -0.39 is 80.4 Å². The summed E-state index contributed by atoms with van der Waals surface area (Å²) in [5, 5.41) is 2.15. The molecule has 15 heteroatoms. The van der Waals surface area contributed by atoms with Crippen LogP contribution in [-0.4, -0.2) is 77.5 Å². The molecular formula is C38H43FN4O9S. The number of benzene rings is 2. The molecule has 1 saturated heterocycles. The predicted molar refractivity (Wildman–Crippen MR) is 188 cm³/mol. The second kappa shape index (κ2) is 14.9. The number of allylic oxidation sites excluding steroid dienone is 1. The SMILES string of the molecule is O=C(C[C@H]1CCCCC/C=C\[C@@H]2C[C@@]2(C(=O)NS(=O)(=O)C2CC2)NC(=O)[C@@H]2C[C@@H](OC(=O)N3Cc4cccc(F)c4C3)CN2C1=O)Oc1ccccc1. The first-order valence-corrected chi connectivity index (χ1v) is 19.8. The monoisotopic (exact) mass is 750 g/mol. The van der Waals surface area contributed by atoms with E-state index in [2.05, 4.69) is 10.0 Å². The fourth-order valence-corrected chi connectivity index (χ4v) is 8.93. The van der Waals surface area contributed by atoms with Gasteiger partial charge >= 0.3 is 12.1 Å². The van der Waals surface area contributed by atoms with E-state index in [1.807, 2.05) is 12.2 Å². The van der Waals surface area contributed by atoms with Crippen LogP contribution in [0.25, 0.3) is 0 Å². The Morgan fingerprint density at radius 1 is 0.981 bits per heavy atom. The van der Waals surface area contributed by atoms with E-state index in [1.165, 1.54) is 15.9 Å². The van der Waals surface area contributed by atoms with Crippen LogP contribution in [0.3, 0.4) is 0 Å². The van der Waals surface area contributed by atoms with Crippen LogP contribution in [0.4, 0.5) is 9.18 Å². The van der Waals surface area contributed by atoms with Crippen LogP contribution in [0.5, 0.6) is 5.75 Å². The lowest BCUT2D eigenvalue weighted by atomic mass is 9.95. The zero-order chi connectivity index (χ0) is 37.3. The molecule has 53 heavy (non-hydrogen) atoms. The molecule has 2 aliphatic carbocycles. The second-order valence-electron chi connectivity index (χ2n) is 14.7. The van der Waals surface area contributed by atoms with Crippen molar-refractivity contribution in [3.63, 3.8) is 0 Å². The lowest BCUT2D eigenvalue weighted by molar-refractivity contribution is -0.146. The Bertz CT molecular complexity index is 1920. The van der Waals surface area contributed by atoms with Gasteiger partial charge in [-0.2, -0.15) is 0 Å². The number of rotatable bonds is 7. The molecular weight excluding hydrogens is 708 g/mol. The van der Waals surface area contributed by atoms with Crippen molar-refractivity contribution in [2.24, 2.45) is 11.8 Å². The molecule has 13 nitrogen and oxygen atoms in total. The Morgan fingerprint density at radius 3 is 2.53 bits per heavy atom. The molecule has 0 aromatic heterocycles. The van der Waals surface area contributed by atoms with Crippen molar-refractivity contribution >= 4 is 39.8 Å². The minimum Gasteiger partial charge on any atom is -0.444 e. The van der Waals surface area contributed by atoms with Crippen LogP contribution in [0.15, 0.2) is 60.7 Å². The van der Waals surface area contributed by atoms with Crippen molar-refractivity contribution in [1.82, 2.24) is 19.8 Å². The quantitative estimate of drug-likeness (QED) is 0.243. The van der Waals surface area contributed by atoms with E-state index in [0.717, 1.165) is 12.8 Å². The average Bonchev–Trinajstić information content (AvgIpc) is 4.01. The van der Waals surface area contributed by atoms with Gasteiger partial charge in [-0.15, -0.1) is 0 Å². The third-order valence-corrected chi connectivity index (χ3v) is 12.6. The molecule has 5 atom stereocenters. The summed E-state index contributed by atoms with van der Waals surface area (Å²) in [7, 11) is -3.92. The molecule has 2 aromatic carbocycles. The maximum absolute atomic E-state index is 14.4. The molecule has 2 aromatic rings. The topological polar surface area (TPSA) is 168 Å². The van der Waals surface area contributed by atoms with Gasteiger partial charge in [0.05, 0.1) is 24.8 Å². The Kier molecular flexibility index (Phi) is 10.3. The Labute approximate surface area is 307 Å². The largest absolute Gasteiger partial charge is 0.444 e. The number of nitrogens with one attached hydrogen (secondary N) is 2. The molecule has 7 rings (SSSR count). The first-order valence-electron chi connectivity index (χ1n) is 18.3. The molecule has 0 radical (unpaired) electrons. The maximum Gasteiger partial charge on any atom is 0.410 e. The summed E-state index contributed by atoms with van der Waals surface area (Å²) in [5.41, 5.74) is -0.506. The third-order valence-electron chi connectivity index (χ3n) is 10.8. The molecule has 3 fully saturated rings. The third kappa shape index (κ3) is 8.09. The van der Waals surface area contributed by atoms with E-state index in [1.54, 1.807) is 42.5 Å². The lowest BCUT2D eigenvalue weighted by Gasteiger charge is -2.29. The minimum absolute atomic E-state index is 0.00201. The fourth-order valence-electron chi connectivity index (χ4n) is 7.57. The molecule has 282 valence electrons. The zero-order valence-corrected chi connectivity index (χ0v) is 30.0. The average molecular weight is 751 g/mol. The zero-order valence-electron chi connectivity index (χ0n) is 29.2. The van der Waals surface area contributed by atoms with Crippen molar-refractivity contribution in [3.05, 3.63) is 77.6 Å². The summed E-state index contributed by atoms with van der Waals surface area (Å²) < 4.78 is 53.5. The fraction of sp³-hybridized carbons (Fsp3) is 0.500. The Balaban J connectivity index is 1.13. The molecule has 4 amide bonds. The van der Waals surface area contributed by atoms with Gasteiger partial charge < -0.3 is 19.7 Å². The van der Waals surface area contributed by atoms with Gasteiger partial charge in [0, 0.05) is 30.4 Å². The molecule has 3 heterocycles. The predicted octanol–water partition coefficient (Wildman–Crippen LogP) is 3.86. The maximum atomic E-state index is 14.4. The summed E-state index contributed by atoms with van der Waals surface area (Å²) in [5.74, 6) is -4.09. The molecule has 0 unspecified atom stereocenters. The number of halogens is 1. The van der Waals surface area contributed by atoms with E-state index in [9.17, 15) is 36.8 Å². The number of carbonyl (C=O) groups is 5. The Hall–Kier alpha value is -4.79. The van der Waals surface area contributed by atoms with Crippen molar-refractivity contribution in [3.8, 4) is 5.75 Å². The summed E-state index contributed by atoms with van der Waals surface area (Å²) in [6.07, 6.45) is 5.91. The Morgan fingerprint density at radius 2 is 1.77 bits per heavy atom. The molecule has 2 N–H and O–H groups in total. The number of carbonyl (C=O) groups excluding carboxylic acids is 5. The molecule has 0 spiro atoms. The van der Waals surface area contributed by atoms with Crippen LogP contribution in [0.2, 0.25) is 0 Å². The van der Waals surface area contributed by atoms with Gasteiger partial charge in [0.15, 0.2) is 0 Å². The van der Waals surface area contributed by atoms with Gasteiger partial charge in [0.25, 0.3) is 5.91 Å². The number of nitrogens with zero attached hydrogens (tertiary/aromatic N) is 2. The number of fused-ring (bicyclic) bond motifs is 3. The highest BCUT2D eigenvalue weighted by Gasteiger charge is 2.62. The van der Waals surface area contributed by atoms with E-state index in [4.69, 9.17) is 9.47 Å². The smallest absolute Gasteiger partial charge is 0.410 e. The van der Waals surface area contributed by atoms with Crippen LogP contribution in [-0.2, 0) is 47.0 Å². The number of amides is 4. The number of para-hydroxylation sites is 1. The number of ether oxygens (including phenoxy) is 2. The van der Waals surface area contributed by atoms with Crippen LogP contribution in [0.1, 0.15) is 75.3 Å². The minimum atomic E-state index is -3.92. The first kappa shape index (κ1) is 36.6. The van der Waals surface area contributed by atoms with E-state index in [0.29, 0.717) is 49.0 Å². The summed E-state index contributed by atoms with van der Waals surface area (Å²) in [4.78, 5) is 71.4. The molecule has 3 aliphatic heterocycles. The number of hydrogen-bond donors (Lipinski definition) is 2. The molecule has 0 bridgehead atoms. The van der Waals surface area contributed by atoms with Crippen molar-refractivity contribution < 1.29 is 46.3 Å². The van der Waals surface area contributed by atoms with Crippen LogP contribution in [0, 0.1) is 17.7 Å². The van der Waals surface area contributed by atoms with Gasteiger partial charge in [-0.25, -0.2) is 17.6 Å². The highest BCUT2D eigenvalue weighted by Crippen LogP contribution is 2.46. The lowest BCUT2D eigenvalue weighted by Crippen LogP contribution is -2.57. The number of hydrogen-bond acceptors (Lipinski definition) is 9. The van der Waals surface area contributed by atoms with Crippen molar-refractivity contribution in [2.45, 2.75) is 100 Å². The van der Waals surface area contributed by atoms with Crippen LogP contribution < -0.4 is 14.8 Å². The van der Waals surface area contributed by atoms with Crippen LogP contribution >= 0.6 is 0 Å². The number of sulfonamides is 1. The van der Waals surface area contributed by atoms with Gasteiger partial charge in [0.1, 0.15) is 29.3 Å².